The number of amidine groups is 1. The van der Waals surface area contributed by atoms with Crippen LogP contribution in [0.25, 0.3) is 16.8 Å². The number of carbonyl (C=O) groups excluding carboxylic acids is 1. The van der Waals surface area contributed by atoms with E-state index < -0.39 is 5.82 Å². The highest BCUT2D eigenvalue weighted by Crippen LogP contribution is 2.31. The third-order valence-electron chi connectivity index (χ3n) is 5.16. The molecule has 5 heteroatoms. The van der Waals surface area contributed by atoms with E-state index in [9.17, 15) is 9.18 Å². The Bertz CT molecular complexity index is 1390. The predicted molar refractivity (Wildman–Crippen MR) is 126 cm³/mol. The van der Waals surface area contributed by atoms with Gasteiger partial charge in [0.05, 0.1) is 11.3 Å². The van der Waals surface area contributed by atoms with Crippen LogP contribution in [0.5, 0.6) is 0 Å². The van der Waals surface area contributed by atoms with Gasteiger partial charge in [-0.05, 0) is 52.7 Å². The number of hydrogen-bond acceptors (Lipinski definition) is 2. The molecule has 0 spiro atoms. The standard InChI is InChI=1S/C26H16BrFN2O/c27-19-10-6-11-20(16-19)30-25(22-13-3-4-14-23(22)28)29-24(26(30)31)15-18-9-5-8-17-7-1-2-12-21(17)18/h1-16H/b24-15+. The largest absolute Gasteiger partial charge is 0.282 e. The number of benzene rings is 4. The zero-order valence-corrected chi connectivity index (χ0v) is 17.9. The highest BCUT2D eigenvalue weighted by Gasteiger charge is 2.33. The molecule has 0 saturated heterocycles. The monoisotopic (exact) mass is 470 g/mol. The number of rotatable bonds is 3. The van der Waals surface area contributed by atoms with Crippen LogP contribution in [0.15, 0.2) is 106 Å². The molecule has 0 bridgehead atoms. The first kappa shape index (κ1) is 19.4. The SMILES string of the molecule is O=C1/C(=C\c2cccc3ccccc23)N=C(c2ccccc2F)N1c1cccc(Br)c1. The molecular formula is C26H16BrFN2O. The first-order valence-corrected chi connectivity index (χ1v) is 10.5. The second-order valence-electron chi connectivity index (χ2n) is 7.13. The number of anilines is 1. The van der Waals surface area contributed by atoms with Gasteiger partial charge in [0.15, 0.2) is 5.84 Å². The van der Waals surface area contributed by atoms with Gasteiger partial charge in [-0.25, -0.2) is 9.38 Å². The maximum atomic E-state index is 14.7. The van der Waals surface area contributed by atoms with E-state index in [4.69, 9.17) is 0 Å². The van der Waals surface area contributed by atoms with E-state index in [-0.39, 0.29) is 23.0 Å². The normalized spacial score (nSPS) is 15.0. The summed E-state index contributed by atoms with van der Waals surface area (Å²) in [6, 6.07) is 27.6. The van der Waals surface area contributed by atoms with Gasteiger partial charge in [0, 0.05) is 4.47 Å². The van der Waals surface area contributed by atoms with Crippen molar-refractivity contribution in [1.29, 1.82) is 0 Å². The lowest BCUT2D eigenvalue weighted by Crippen LogP contribution is -2.33. The number of fused-ring (bicyclic) bond motifs is 1. The summed E-state index contributed by atoms with van der Waals surface area (Å²) in [4.78, 5) is 19.5. The van der Waals surface area contributed by atoms with Gasteiger partial charge >= 0.3 is 0 Å². The van der Waals surface area contributed by atoms with Gasteiger partial charge in [-0.15, -0.1) is 0 Å². The number of halogens is 2. The first-order chi connectivity index (χ1) is 15.1. The van der Waals surface area contributed by atoms with Gasteiger partial charge in [0.2, 0.25) is 0 Å². The maximum Gasteiger partial charge on any atom is 0.282 e. The number of amides is 1. The van der Waals surface area contributed by atoms with Gasteiger partial charge in [0.1, 0.15) is 11.5 Å². The minimum Gasteiger partial charge on any atom is -0.266 e. The van der Waals surface area contributed by atoms with Crippen LogP contribution in [-0.2, 0) is 4.79 Å². The molecule has 1 amide bonds. The van der Waals surface area contributed by atoms with E-state index in [1.807, 2.05) is 60.7 Å². The minimum absolute atomic E-state index is 0.259. The van der Waals surface area contributed by atoms with Crippen LogP contribution in [0, 0.1) is 5.82 Å². The summed E-state index contributed by atoms with van der Waals surface area (Å²) >= 11 is 3.45. The Labute approximate surface area is 187 Å². The fraction of sp³-hybridized carbons (Fsp3) is 0. The molecule has 0 atom stereocenters. The van der Waals surface area contributed by atoms with Gasteiger partial charge in [0.25, 0.3) is 5.91 Å². The van der Waals surface area contributed by atoms with Crippen LogP contribution >= 0.6 is 15.9 Å². The fourth-order valence-electron chi connectivity index (χ4n) is 3.72. The van der Waals surface area contributed by atoms with Crippen molar-refractivity contribution in [2.75, 3.05) is 4.90 Å². The summed E-state index contributed by atoms with van der Waals surface area (Å²) in [6.45, 7) is 0. The second-order valence-corrected chi connectivity index (χ2v) is 8.05. The molecule has 1 aliphatic rings. The van der Waals surface area contributed by atoms with Crippen molar-refractivity contribution in [3.63, 3.8) is 0 Å². The average Bonchev–Trinajstić information content (AvgIpc) is 3.10. The summed E-state index contributed by atoms with van der Waals surface area (Å²) in [5.74, 6) is -0.461. The highest BCUT2D eigenvalue weighted by molar-refractivity contribution is 9.10. The summed E-state index contributed by atoms with van der Waals surface area (Å²) in [6.07, 6.45) is 1.77. The molecule has 0 unspecified atom stereocenters. The molecule has 1 heterocycles. The van der Waals surface area contributed by atoms with Crippen LogP contribution < -0.4 is 4.90 Å². The average molecular weight is 471 g/mol. The molecule has 4 aromatic rings. The molecule has 1 aliphatic heterocycles. The molecule has 5 rings (SSSR count). The molecule has 31 heavy (non-hydrogen) atoms. The van der Waals surface area contributed by atoms with Crippen LogP contribution in [0.2, 0.25) is 0 Å². The fourth-order valence-corrected chi connectivity index (χ4v) is 4.11. The van der Waals surface area contributed by atoms with Gasteiger partial charge in [-0.2, -0.15) is 0 Å². The van der Waals surface area contributed by atoms with E-state index in [1.165, 1.54) is 11.0 Å². The summed E-state index contributed by atoms with van der Waals surface area (Å²) in [5, 5.41) is 2.10. The Morgan fingerprint density at radius 1 is 0.871 bits per heavy atom. The third-order valence-corrected chi connectivity index (χ3v) is 5.65. The minimum atomic E-state index is -0.430. The van der Waals surface area contributed by atoms with E-state index in [1.54, 1.807) is 30.3 Å². The van der Waals surface area contributed by atoms with Gasteiger partial charge < -0.3 is 0 Å². The van der Waals surface area contributed by atoms with Crippen molar-refractivity contribution in [1.82, 2.24) is 0 Å². The van der Waals surface area contributed by atoms with E-state index >= 15 is 0 Å². The van der Waals surface area contributed by atoms with Crippen LogP contribution in [-0.4, -0.2) is 11.7 Å². The van der Waals surface area contributed by atoms with Crippen molar-refractivity contribution in [2.45, 2.75) is 0 Å². The Balaban J connectivity index is 1.69. The number of aliphatic imine (C=N–C) groups is 1. The lowest BCUT2D eigenvalue weighted by atomic mass is 10.0. The van der Waals surface area contributed by atoms with Gasteiger partial charge in [-0.3, -0.25) is 9.69 Å². The summed E-state index contributed by atoms with van der Waals surface area (Å²) in [5.41, 5.74) is 2.03. The lowest BCUT2D eigenvalue weighted by Gasteiger charge is -2.19. The van der Waals surface area contributed by atoms with Crippen molar-refractivity contribution < 1.29 is 9.18 Å². The maximum absolute atomic E-state index is 14.7. The summed E-state index contributed by atoms with van der Waals surface area (Å²) < 4.78 is 15.5. The first-order valence-electron chi connectivity index (χ1n) is 9.75. The number of hydrogen-bond donors (Lipinski definition) is 0. The Hall–Kier alpha value is -3.57. The van der Waals surface area contributed by atoms with Crippen molar-refractivity contribution in [2.24, 2.45) is 4.99 Å². The molecule has 4 aromatic carbocycles. The third kappa shape index (κ3) is 3.57. The summed E-state index contributed by atoms with van der Waals surface area (Å²) in [7, 11) is 0. The number of nitrogens with zero attached hydrogens (tertiary/aromatic N) is 2. The topological polar surface area (TPSA) is 32.7 Å². The molecule has 0 aliphatic carbocycles. The molecule has 0 aromatic heterocycles. The zero-order chi connectivity index (χ0) is 21.4. The van der Waals surface area contributed by atoms with Crippen molar-refractivity contribution in [3.05, 3.63) is 118 Å². The van der Waals surface area contributed by atoms with Gasteiger partial charge in [-0.1, -0.05) is 76.6 Å². The molecular weight excluding hydrogens is 455 g/mol. The highest BCUT2D eigenvalue weighted by atomic mass is 79.9. The molecule has 0 saturated carbocycles. The van der Waals surface area contributed by atoms with Crippen molar-refractivity contribution >= 4 is 50.2 Å². The predicted octanol–water partition coefficient (Wildman–Crippen LogP) is 6.58. The van der Waals surface area contributed by atoms with E-state index in [2.05, 4.69) is 20.9 Å². The smallest absolute Gasteiger partial charge is 0.266 e. The zero-order valence-electron chi connectivity index (χ0n) is 16.3. The molecule has 0 radical (unpaired) electrons. The quantitative estimate of drug-likeness (QED) is 0.311. The number of carbonyl (C=O) groups is 1. The Morgan fingerprint density at radius 2 is 1.61 bits per heavy atom. The molecule has 0 N–H and O–H groups in total. The molecule has 3 nitrogen and oxygen atoms in total. The van der Waals surface area contributed by atoms with E-state index in [0.717, 1.165) is 20.8 Å². The van der Waals surface area contributed by atoms with Crippen LogP contribution in [0.4, 0.5) is 10.1 Å². The Morgan fingerprint density at radius 3 is 2.45 bits per heavy atom. The van der Waals surface area contributed by atoms with Crippen LogP contribution in [0.3, 0.4) is 0 Å². The second kappa shape index (κ2) is 7.93. The van der Waals surface area contributed by atoms with Crippen molar-refractivity contribution in [3.8, 4) is 0 Å². The van der Waals surface area contributed by atoms with E-state index in [0.29, 0.717) is 5.69 Å². The lowest BCUT2D eigenvalue weighted by molar-refractivity contribution is -0.113. The molecule has 0 fully saturated rings. The Kier molecular flexibility index (Phi) is 4.96. The van der Waals surface area contributed by atoms with Crippen LogP contribution in [0.1, 0.15) is 11.1 Å². The molecule has 150 valence electrons.